The van der Waals surface area contributed by atoms with Gasteiger partial charge in [0.2, 0.25) is 5.16 Å². The third kappa shape index (κ3) is 3.42. The first kappa shape index (κ1) is 18.3. The summed E-state index contributed by atoms with van der Waals surface area (Å²) in [6, 6.07) is 9.99. The molecule has 6 heteroatoms. The van der Waals surface area contributed by atoms with E-state index in [1.165, 1.54) is 22.9 Å². The van der Waals surface area contributed by atoms with E-state index >= 15 is 0 Å². The minimum atomic E-state index is 0.104. The molecule has 0 spiro atoms. The van der Waals surface area contributed by atoms with Crippen molar-refractivity contribution >= 4 is 17.5 Å². The Balaban J connectivity index is 1.84. The number of carbonyl (C=O) groups excluding carboxylic acids is 1. The van der Waals surface area contributed by atoms with E-state index in [9.17, 15) is 4.79 Å². The first-order valence-electron chi connectivity index (χ1n) is 8.48. The molecule has 0 radical (unpaired) electrons. The van der Waals surface area contributed by atoms with Gasteiger partial charge in [-0.15, -0.1) is 5.10 Å². The van der Waals surface area contributed by atoms with Crippen LogP contribution in [0.5, 0.6) is 0 Å². The van der Waals surface area contributed by atoms with Crippen LogP contribution < -0.4 is 0 Å². The molecule has 0 atom stereocenters. The van der Waals surface area contributed by atoms with Crippen molar-refractivity contribution in [3.05, 3.63) is 63.7 Å². The number of rotatable bonds is 5. The van der Waals surface area contributed by atoms with Crippen LogP contribution in [0.25, 0.3) is 5.69 Å². The van der Waals surface area contributed by atoms with Crippen molar-refractivity contribution in [2.24, 2.45) is 0 Å². The van der Waals surface area contributed by atoms with Gasteiger partial charge in [-0.1, -0.05) is 36.0 Å². The van der Waals surface area contributed by atoms with Crippen LogP contribution in [0.15, 0.2) is 35.5 Å². The van der Waals surface area contributed by atoms with Crippen LogP contribution in [0, 0.1) is 34.6 Å². The summed E-state index contributed by atoms with van der Waals surface area (Å²) in [7, 11) is 0. The predicted octanol–water partition coefficient (Wildman–Crippen LogP) is 4.18. The molecule has 0 aliphatic heterocycles. The van der Waals surface area contributed by atoms with E-state index in [2.05, 4.69) is 35.4 Å². The molecule has 0 N–H and O–H groups in total. The molecular weight excluding hydrogens is 344 g/mol. The Kier molecular flexibility index (Phi) is 5.23. The number of Topliss-reactive ketones (excluding diaryl/α,β-unsaturated/α-hetero) is 1. The van der Waals surface area contributed by atoms with Crippen LogP contribution in [0.4, 0.5) is 0 Å². The lowest BCUT2D eigenvalue weighted by atomic mass is 9.92. The molecule has 0 fully saturated rings. The van der Waals surface area contributed by atoms with Crippen molar-refractivity contribution in [2.75, 3.05) is 5.75 Å². The maximum Gasteiger partial charge on any atom is 0.214 e. The van der Waals surface area contributed by atoms with Gasteiger partial charge in [0.1, 0.15) is 0 Å². The highest BCUT2D eigenvalue weighted by Gasteiger charge is 2.18. The van der Waals surface area contributed by atoms with Crippen LogP contribution >= 0.6 is 11.8 Å². The second-order valence-electron chi connectivity index (χ2n) is 6.51. The lowest BCUT2D eigenvalue weighted by molar-refractivity contribution is 0.102. The number of carbonyl (C=O) groups is 1. The Morgan fingerprint density at radius 3 is 2.46 bits per heavy atom. The van der Waals surface area contributed by atoms with E-state index < -0.39 is 0 Å². The Bertz CT molecular complexity index is 978. The highest BCUT2D eigenvalue weighted by molar-refractivity contribution is 7.99. The number of nitrogens with zero attached hydrogens (tertiary/aromatic N) is 4. The molecule has 3 rings (SSSR count). The molecule has 26 heavy (non-hydrogen) atoms. The fourth-order valence-electron chi connectivity index (χ4n) is 3.14. The average molecular weight is 366 g/mol. The van der Waals surface area contributed by atoms with Gasteiger partial charge in [-0.3, -0.25) is 4.79 Å². The molecule has 0 saturated heterocycles. The van der Waals surface area contributed by atoms with Crippen molar-refractivity contribution in [2.45, 2.75) is 39.8 Å². The number of aryl methyl sites for hydroxylation is 3. The molecule has 0 aliphatic rings. The summed E-state index contributed by atoms with van der Waals surface area (Å²) in [5.41, 5.74) is 7.29. The van der Waals surface area contributed by atoms with Gasteiger partial charge >= 0.3 is 0 Å². The SMILES string of the molecule is Cc1ccccc1-n1nnnc1SCC(=O)c1c(C)cc(C)c(C)c1C. The van der Waals surface area contributed by atoms with E-state index in [1.54, 1.807) is 4.68 Å². The fourth-order valence-corrected chi connectivity index (χ4v) is 3.89. The maximum atomic E-state index is 12.9. The zero-order chi connectivity index (χ0) is 18.8. The van der Waals surface area contributed by atoms with Gasteiger partial charge in [-0.2, -0.15) is 4.68 Å². The maximum absolute atomic E-state index is 12.9. The number of tetrazole rings is 1. The van der Waals surface area contributed by atoms with E-state index in [0.717, 1.165) is 27.9 Å². The van der Waals surface area contributed by atoms with E-state index in [-0.39, 0.29) is 5.78 Å². The summed E-state index contributed by atoms with van der Waals surface area (Å²) >= 11 is 1.36. The Morgan fingerprint density at radius 2 is 1.73 bits per heavy atom. The molecule has 0 saturated carbocycles. The normalized spacial score (nSPS) is 11.0. The first-order chi connectivity index (χ1) is 12.4. The molecule has 3 aromatic rings. The quantitative estimate of drug-likeness (QED) is 0.501. The van der Waals surface area contributed by atoms with Gasteiger partial charge in [0.15, 0.2) is 5.78 Å². The number of para-hydroxylation sites is 1. The van der Waals surface area contributed by atoms with Crippen molar-refractivity contribution in [1.82, 2.24) is 20.2 Å². The van der Waals surface area contributed by atoms with Crippen LogP contribution in [0.1, 0.15) is 38.2 Å². The molecule has 2 aromatic carbocycles. The van der Waals surface area contributed by atoms with Crippen molar-refractivity contribution in [3.63, 3.8) is 0 Å². The second-order valence-corrected chi connectivity index (χ2v) is 7.45. The third-order valence-corrected chi connectivity index (χ3v) is 5.67. The summed E-state index contributed by atoms with van der Waals surface area (Å²) in [4.78, 5) is 12.9. The summed E-state index contributed by atoms with van der Waals surface area (Å²) in [5.74, 6) is 0.406. The number of hydrogen-bond acceptors (Lipinski definition) is 5. The number of benzene rings is 2. The average Bonchev–Trinajstić information content (AvgIpc) is 3.06. The van der Waals surface area contributed by atoms with E-state index in [1.807, 2.05) is 45.0 Å². The largest absolute Gasteiger partial charge is 0.293 e. The second kappa shape index (κ2) is 7.41. The van der Waals surface area contributed by atoms with E-state index in [0.29, 0.717) is 10.9 Å². The minimum Gasteiger partial charge on any atom is -0.293 e. The molecule has 5 nitrogen and oxygen atoms in total. The zero-order valence-electron chi connectivity index (χ0n) is 15.7. The van der Waals surface area contributed by atoms with Crippen LogP contribution in [-0.2, 0) is 0 Å². The standard InChI is InChI=1S/C20H22N4OS/c1-12-8-6-7-9-17(12)24-20(21-22-23-24)26-11-18(25)19-14(3)10-13(2)15(4)16(19)5/h6-10H,11H2,1-5H3. The predicted molar refractivity (Wildman–Crippen MR) is 104 cm³/mol. The highest BCUT2D eigenvalue weighted by Crippen LogP contribution is 2.25. The zero-order valence-corrected chi connectivity index (χ0v) is 16.5. The van der Waals surface area contributed by atoms with Gasteiger partial charge in [-0.05, 0) is 78.9 Å². The summed E-state index contributed by atoms with van der Waals surface area (Å²) in [6.45, 7) is 10.2. The summed E-state index contributed by atoms with van der Waals surface area (Å²) in [6.07, 6.45) is 0. The molecule has 0 bridgehead atoms. The molecule has 0 unspecified atom stereocenters. The molecule has 1 heterocycles. The number of thioether (sulfide) groups is 1. The summed E-state index contributed by atoms with van der Waals surface area (Å²) < 4.78 is 1.69. The highest BCUT2D eigenvalue weighted by atomic mass is 32.2. The fraction of sp³-hybridized carbons (Fsp3) is 0.300. The number of hydrogen-bond donors (Lipinski definition) is 0. The van der Waals surface area contributed by atoms with Gasteiger partial charge in [0.05, 0.1) is 11.4 Å². The number of aromatic nitrogens is 4. The summed E-state index contributed by atoms with van der Waals surface area (Å²) in [5, 5.41) is 12.6. The topological polar surface area (TPSA) is 60.7 Å². The van der Waals surface area contributed by atoms with Crippen LogP contribution in [0.2, 0.25) is 0 Å². The van der Waals surface area contributed by atoms with Crippen molar-refractivity contribution in [3.8, 4) is 5.69 Å². The molecule has 0 amide bonds. The Morgan fingerprint density at radius 1 is 1.00 bits per heavy atom. The van der Waals surface area contributed by atoms with E-state index in [4.69, 9.17) is 0 Å². The molecular formula is C20H22N4OS. The van der Waals surface area contributed by atoms with Gasteiger partial charge in [0.25, 0.3) is 0 Å². The Hall–Kier alpha value is -2.47. The monoisotopic (exact) mass is 366 g/mol. The van der Waals surface area contributed by atoms with Crippen molar-refractivity contribution < 1.29 is 4.79 Å². The van der Waals surface area contributed by atoms with Gasteiger partial charge < -0.3 is 0 Å². The van der Waals surface area contributed by atoms with Crippen LogP contribution in [-0.4, -0.2) is 31.7 Å². The number of ketones is 1. The third-order valence-electron chi connectivity index (χ3n) is 4.75. The lowest BCUT2D eigenvalue weighted by Gasteiger charge is -2.14. The van der Waals surface area contributed by atoms with Gasteiger partial charge in [0, 0.05) is 5.56 Å². The molecule has 1 aromatic heterocycles. The smallest absolute Gasteiger partial charge is 0.214 e. The molecule has 134 valence electrons. The van der Waals surface area contributed by atoms with Crippen LogP contribution in [0.3, 0.4) is 0 Å². The lowest BCUT2D eigenvalue weighted by Crippen LogP contribution is -2.10. The molecule has 0 aliphatic carbocycles. The first-order valence-corrected chi connectivity index (χ1v) is 9.46. The minimum absolute atomic E-state index is 0.104. The van der Waals surface area contributed by atoms with Gasteiger partial charge in [-0.25, -0.2) is 0 Å². The Labute approximate surface area is 157 Å². The van der Waals surface area contributed by atoms with Crippen molar-refractivity contribution in [1.29, 1.82) is 0 Å².